The Morgan fingerprint density at radius 1 is 1.12 bits per heavy atom. The first-order valence-electron chi connectivity index (χ1n) is 10.6. The van der Waals surface area contributed by atoms with Gasteiger partial charge in [-0.2, -0.15) is 13.2 Å². The molecule has 0 bridgehead atoms. The van der Waals surface area contributed by atoms with Crippen LogP contribution in [0.3, 0.4) is 0 Å². The number of halogens is 3. The van der Waals surface area contributed by atoms with Crippen LogP contribution in [0.15, 0.2) is 59.8 Å². The Hall–Kier alpha value is -3.66. The minimum atomic E-state index is -4.62. The van der Waals surface area contributed by atoms with E-state index in [2.05, 4.69) is 5.32 Å². The number of carbonyl (C=O) groups is 3. The van der Waals surface area contributed by atoms with E-state index >= 15 is 0 Å². The minimum Gasteiger partial charge on any atom is -0.368 e. The molecule has 2 atom stereocenters. The topological polar surface area (TPSA) is 106 Å². The van der Waals surface area contributed by atoms with E-state index in [0.717, 1.165) is 34.0 Å². The molecule has 0 saturated carbocycles. The zero-order valence-corrected chi connectivity index (χ0v) is 18.5. The van der Waals surface area contributed by atoms with Crippen LogP contribution >= 0.6 is 0 Å². The lowest BCUT2D eigenvalue weighted by Crippen LogP contribution is -2.53. The average Bonchev–Trinajstić information content (AvgIpc) is 3.60. The fraction of sp³-hybridized carbons (Fsp3) is 0.292. The number of amides is 3. The quantitative estimate of drug-likeness (QED) is 0.626. The lowest BCUT2D eigenvalue weighted by molar-refractivity contribution is -0.137. The Bertz CT molecular complexity index is 1190. The summed E-state index contributed by atoms with van der Waals surface area (Å²) in [4.78, 5) is 40.4. The number of rotatable bonds is 6. The van der Waals surface area contributed by atoms with Gasteiger partial charge in [-0.3, -0.25) is 14.5 Å². The monoisotopic (exact) mass is 472 g/mol. The molecule has 3 amide bonds. The number of nitrogens with two attached hydrogens (primary N) is 1. The van der Waals surface area contributed by atoms with Crippen LogP contribution in [0.4, 0.5) is 23.7 Å². The van der Waals surface area contributed by atoms with Crippen molar-refractivity contribution in [2.24, 2.45) is 5.73 Å². The third-order valence-corrected chi connectivity index (χ3v) is 5.95. The third kappa shape index (κ3) is 4.41. The molecule has 1 saturated heterocycles. The molecule has 10 heteroatoms. The van der Waals surface area contributed by atoms with Crippen molar-refractivity contribution in [2.75, 3.05) is 18.0 Å². The van der Waals surface area contributed by atoms with Crippen LogP contribution in [-0.4, -0.2) is 35.7 Å². The Morgan fingerprint density at radius 3 is 2.26 bits per heavy atom. The standard InChI is InChI=1S/C24H23F3N4O3/c1-13-21(14(2)32)22(16-8-6-15(7-9-16)19-11-29-19)30(12-20(28)33)23(34)31(13)18-5-3-4-17(10-18)24(25,26)27/h3-10,19,22,29H,11-12H2,1-2H3,(H2,28,33)/t19?,22-/m1/s1. The Balaban J connectivity index is 1.87. The second-order valence-electron chi connectivity index (χ2n) is 8.35. The summed E-state index contributed by atoms with van der Waals surface area (Å²) in [5.74, 6) is -1.20. The number of anilines is 1. The van der Waals surface area contributed by atoms with Gasteiger partial charge in [0.1, 0.15) is 6.54 Å². The smallest absolute Gasteiger partial charge is 0.368 e. The van der Waals surface area contributed by atoms with Crippen molar-refractivity contribution in [3.63, 3.8) is 0 Å². The molecule has 2 aliphatic heterocycles. The molecular formula is C24H23F3N4O3. The summed E-state index contributed by atoms with van der Waals surface area (Å²) >= 11 is 0. The zero-order chi connectivity index (χ0) is 24.8. The van der Waals surface area contributed by atoms with Gasteiger partial charge in [-0.15, -0.1) is 0 Å². The molecule has 1 unspecified atom stereocenters. The Morgan fingerprint density at radius 2 is 1.74 bits per heavy atom. The highest BCUT2D eigenvalue weighted by atomic mass is 19.4. The number of allylic oxidation sites excluding steroid dienone is 1. The number of carbonyl (C=O) groups excluding carboxylic acids is 3. The number of hydrogen-bond donors (Lipinski definition) is 2. The SMILES string of the molecule is CC(=O)C1=C(C)N(c2cccc(C(F)(F)F)c2)C(=O)N(CC(N)=O)[C@@H]1c1ccc(C2CN2)cc1. The molecule has 2 aromatic rings. The van der Waals surface area contributed by atoms with Gasteiger partial charge in [-0.25, -0.2) is 4.79 Å². The lowest BCUT2D eigenvalue weighted by Gasteiger charge is -2.42. The zero-order valence-electron chi connectivity index (χ0n) is 18.5. The number of nitrogens with one attached hydrogen (secondary N) is 1. The van der Waals surface area contributed by atoms with Crippen molar-refractivity contribution in [1.82, 2.24) is 10.2 Å². The number of benzene rings is 2. The van der Waals surface area contributed by atoms with Gasteiger partial charge in [-0.1, -0.05) is 30.3 Å². The van der Waals surface area contributed by atoms with Gasteiger partial charge >= 0.3 is 12.2 Å². The summed E-state index contributed by atoms with van der Waals surface area (Å²) < 4.78 is 39.9. The number of primary amides is 1. The predicted molar refractivity (Wildman–Crippen MR) is 119 cm³/mol. The molecule has 0 aromatic heterocycles. The molecule has 0 radical (unpaired) electrons. The number of ketones is 1. The van der Waals surface area contributed by atoms with Crippen LogP contribution in [0.1, 0.15) is 42.6 Å². The van der Waals surface area contributed by atoms with E-state index in [4.69, 9.17) is 5.73 Å². The van der Waals surface area contributed by atoms with Gasteiger partial charge in [-0.05, 0) is 43.2 Å². The normalized spacial score (nSPS) is 20.6. The number of alkyl halides is 3. The average molecular weight is 472 g/mol. The van der Waals surface area contributed by atoms with Gasteiger partial charge in [0.05, 0.1) is 17.3 Å². The van der Waals surface area contributed by atoms with Crippen molar-refractivity contribution in [3.8, 4) is 0 Å². The van der Waals surface area contributed by atoms with E-state index in [0.29, 0.717) is 5.56 Å². The van der Waals surface area contributed by atoms with Gasteiger partial charge in [0.15, 0.2) is 5.78 Å². The van der Waals surface area contributed by atoms with Crippen LogP contribution in [0.5, 0.6) is 0 Å². The second-order valence-corrected chi connectivity index (χ2v) is 8.35. The molecule has 2 aliphatic rings. The molecular weight excluding hydrogens is 449 g/mol. The molecule has 0 spiro atoms. The largest absolute Gasteiger partial charge is 0.416 e. The number of urea groups is 1. The number of hydrogen-bond acceptors (Lipinski definition) is 4. The highest BCUT2D eigenvalue weighted by Crippen LogP contribution is 2.41. The van der Waals surface area contributed by atoms with Crippen LogP contribution in [0, 0.1) is 0 Å². The maximum atomic E-state index is 13.6. The summed E-state index contributed by atoms with van der Waals surface area (Å²) in [6.45, 7) is 3.16. The van der Waals surface area contributed by atoms with Gasteiger partial charge in [0.2, 0.25) is 5.91 Å². The molecule has 0 aliphatic carbocycles. The summed E-state index contributed by atoms with van der Waals surface area (Å²) in [6, 6.07) is 10.1. The summed E-state index contributed by atoms with van der Waals surface area (Å²) in [6.07, 6.45) is -4.62. The summed E-state index contributed by atoms with van der Waals surface area (Å²) in [5.41, 5.74) is 6.41. The molecule has 4 rings (SSSR count). The molecule has 2 heterocycles. The lowest BCUT2D eigenvalue weighted by atomic mass is 9.89. The highest BCUT2D eigenvalue weighted by molar-refractivity contribution is 6.05. The van der Waals surface area contributed by atoms with Gasteiger partial charge < -0.3 is 16.0 Å². The van der Waals surface area contributed by atoms with Crippen molar-refractivity contribution < 1.29 is 27.6 Å². The van der Waals surface area contributed by atoms with E-state index in [1.54, 1.807) is 12.1 Å². The maximum absolute atomic E-state index is 13.6. The van der Waals surface area contributed by atoms with E-state index < -0.39 is 36.3 Å². The number of Topliss-reactive ketones (excluding diaryl/α,β-unsaturated/α-hetero) is 1. The number of nitrogens with zero attached hydrogens (tertiary/aromatic N) is 2. The Labute approximate surface area is 194 Å². The minimum absolute atomic E-state index is 0.0702. The maximum Gasteiger partial charge on any atom is 0.416 e. The Kier molecular flexibility index (Phi) is 5.94. The van der Waals surface area contributed by atoms with Crippen LogP contribution < -0.4 is 16.0 Å². The molecule has 2 aromatic carbocycles. The van der Waals surface area contributed by atoms with Crippen LogP contribution in [-0.2, 0) is 15.8 Å². The fourth-order valence-corrected chi connectivity index (χ4v) is 4.31. The van der Waals surface area contributed by atoms with E-state index in [1.807, 2.05) is 12.1 Å². The first-order chi connectivity index (χ1) is 16.0. The molecule has 3 N–H and O–H groups in total. The highest BCUT2D eigenvalue weighted by Gasteiger charge is 2.42. The first kappa shape index (κ1) is 23.5. The van der Waals surface area contributed by atoms with Crippen molar-refractivity contribution >= 4 is 23.4 Å². The molecule has 1 fully saturated rings. The van der Waals surface area contributed by atoms with Gasteiger partial charge in [0.25, 0.3) is 0 Å². The van der Waals surface area contributed by atoms with Crippen LogP contribution in [0.25, 0.3) is 0 Å². The van der Waals surface area contributed by atoms with E-state index in [9.17, 15) is 27.6 Å². The van der Waals surface area contributed by atoms with Crippen molar-refractivity contribution in [2.45, 2.75) is 32.1 Å². The molecule has 7 nitrogen and oxygen atoms in total. The summed E-state index contributed by atoms with van der Waals surface area (Å²) in [5, 5.41) is 3.19. The van der Waals surface area contributed by atoms with E-state index in [1.165, 1.54) is 26.0 Å². The fourth-order valence-electron chi connectivity index (χ4n) is 4.31. The second kappa shape index (κ2) is 8.60. The predicted octanol–water partition coefficient (Wildman–Crippen LogP) is 3.68. The van der Waals surface area contributed by atoms with Crippen LogP contribution in [0.2, 0.25) is 0 Å². The van der Waals surface area contributed by atoms with Crippen molar-refractivity contribution in [3.05, 3.63) is 76.5 Å². The molecule has 178 valence electrons. The van der Waals surface area contributed by atoms with Gasteiger partial charge in [0, 0.05) is 23.9 Å². The third-order valence-electron chi connectivity index (χ3n) is 5.95. The first-order valence-corrected chi connectivity index (χ1v) is 10.6. The van der Waals surface area contributed by atoms with Crippen molar-refractivity contribution in [1.29, 1.82) is 0 Å². The van der Waals surface area contributed by atoms with E-state index in [-0.39, 0.29) is 28.8 Å². The molecule has 34 heavy (non-hydrogen) atoms. The summed E-state index contributed by atoms with van der Waals surface area (Å²) in [7, 11) is 0.